The molecule has 7 heteroatoms. The van der Waals surface area contributed by atoms with Crippen LogP contribution in [-0.2, 0) is 9.84 Å². The first kappa shape index (κ1) is 17.4. The van der Waals surface area contributed by atoms with Gasteiger partial charge in [0.1, 0.15) is 11.6 Å². The number of ether oxygens (including phenoxy) is 1. The highest BCUT2D eigenvalue weighted by atomic mass is 32.2. The van der Waals surface area contributed by atoms with E-state index in [1.54, 1.807) is 0 Å². The minimum absolute atomic E-state index is 0.0956. The Bertz CT molecular complexity index is 890. The minimum atomic E-state index is -3.44. The van der Waals surface area contributed by atoms with Crippen LogP contribution in [0.1, 0.15) is 23.2 Å². The van der Waals surface area contributed by atoms with E-state index in [1.165, 1.54) is 49.6 Å². The molecular formula is C18H18FNO4S. The van der Waals surface area contributed by atoms with Crippen LogP contribution in [-0.4, -0.2) is 27.2 Å². The van der Waals surface area contributed by atoms with Crippen molar-refractivity contribution in [3.05, 3.63) is 53.8 Å². The molecule has 1 fully saturated rings. The summed E-state index contributed by atoms with van der Waals surface area (Å²) in [4.78, 5) is 12.6. The lowest BCUT2D eigenvalue weighted by Gasteiger charge is -2.12. The number of rotatable bonds is 6. The lowest BCUT2D eigenvalue weighted by Crippen LogP contribution is -2.15. The van der Waals surface area contributed by atoms with Crippen LogP contribution in [0.4, 0.5) is 10.1 Å². The van der Waals surface area contributed by atoms with Crippen molar-refractivity contribution in [2.45, 2.75) is 17.7 Å². The Morgan fingerprint density at radius 3 is 2.48 bits per heavy atom. The molecule has 5 nitrogen and oxygen atoms in total. The number of methoxy groups -OCH3 is 1. The summed E-state index contributed by atoms with van der Waals surface area (Å²) in [5, 5.41) is 2.61. The first-order chi connectivity index (χ1) is 11.9. The number of anilines is 1. The molecule has 1 aliphatic carbocycles. The summed E-state index contributed by atoms with van der Waals surface area (Å²) in [6.07, 6.45) is 1.85. The summed E-state index contributed by atoms with van der Waals surface area (Å²) in [5.74, 6) is -0.359. The third-order valence-corrected chi connectivity index (χ3v) is 5.91. The van der Waals surface area contributed by atoms with E-state index in [0.29, 0.717) is 5.69 Å². The van der Waals surface area contributed by atoms with Crippen LogP contribution in [0.2, 0.25) is 0 Å². The fraction of sp³-hybridized carbons (Fsp3) is 0.278. The average molecular weight is 363 g/mol. The van der Waals surface area contributed by atoms with E-state index in [-0.39, 0.29) is 27.9 Å². The number of hydrogen-bond acceptors (Lipinski definition) is 4. The molecule has 0 radical (unpaired) electrons. The van der Waals surface area contributed by atoms with Crippen LogP contribution in [0.15, 0.2) is 47.4 Å². The van der Waals surface area contributed by atoms with E-state index >= 15 is 0 Å². The minimum Gasteiger partial charge on any atom is -0.496 e. The molecule has 0 saturated heterocycles. The molecule has 1 aliphatic rings. The maximum Gasteiger partial charge on any atom is 0.259 e. The predicted octanol–water partition coefficient (Wildman–Crippen LogP) is 3.27. The number of carbonyl (C=O) groups is 1. The number of nitrogens with one attached hydrogen (secondary N) is 1. The van der Waals surface area contributed by atoms with Gasteiger partial charge in [0.05, 0.1) is 23.3 Å². The van der Waals surface area contributed by atoms with Gasteiger partial charge in [-0.25, -0.2) is 12.8 Å². The molecule has 3 rings (SSSR count). The van der Waals surface area contributed by atoms with Crippen molar-refractivity contribution in [3.8, 4) is 5.75 Å². The summed E-state index contributed by atoms with van der Waals surface area (Å²) in [6, 6.07) is 9.55. The highest BCUT2D eigenvalue weighted by molar-refractivity contribution is 7.91. The van der Waals surface area contributed by atoms with Crippen molar-refractivity contribution in [1.82, 2.24) is 0 Å². The summed E-state index contributed by atoms with van der Waals surface area (Å²) < 4.78 is 43.0. The SMILES string of the molecule is COc1ccc(S(=O)(=O)CC2CC2)cc1C(=O)Nc1ccc(F)cc1. The van der Waals surface area contributed by atoms with Gasteiger partial charge in [-0.05, 0) is 61.2 Å². The van der Waals surface area contributed by atoms with Crippen molar-refractivity contribution < 1.29 is 22.3 Å². The van der Waals surface area contributed by atoms with Crippen LogP contribution >= 0.6 is 0 Å². The third kappa shape index (κ3) is 4.17. The molecule has 0 atom stereocenters. The van der Waals surface area contributed by atoms with Crippen LogP contribution in [0, 0.1) is 11.7 Å². The number of amides is 1. The fourth-order valence-electron chi connectivity index (χ4n) is 2.48. The van der Waals surface area contributed by atoms with Gasteiger partial charge >= 0.3 is 0 Å². The van der Waals surface area contributed by atoms with Gasteiger partial charge < -0.3 is 10.1 Å². The topological polar surface area (TPSA) is 72.5 Å². The van der Waals surface area contributed by atoms with Crippen LogP contribution in [0.25, 0.3) is 0 Å². The quantitative estimate of drug-likeness (QED) is 0.855. The smallest absolute Gasteiger partial charge is 0.259 e. The number of hydrogen-bond donors (Lipinski definition) is 1. The molecule has 2 aromatic carbocycles. The molecule has 1 saturated carbocycles. The zero-order chi connectivity index (χ0) is 18.0. The van der Waals surface area contributed by atoms with Gasteiger partial charge in [-0.2, -0.15) is 0 Å². The Kier molecular flexibility index (Phi) is 4.76. The number of sulfone groups is 1. The largest absolute Gasteiger partial charge is 0.496 e. The Labute approximate surface area is 145 Å². The first-order valence-electron chi connectivity index (χ1n) is 7.87. The van der Waals surface area contributed by atoms with Crippen molar-refractivity contribution in [2.24, 2.45) is 5.92 Å². The standard InChI is InChI=1S/C18H18FNO4S/c1-24-17-9-8-15(25(22,23)11-12-2-3-12)10-16(17)18(21)20-14-6-4-13(19)5-7-14/h4-10,12H,2-3,11H2,1H3,(H,20,21). The van der Waals surface area contributed by atoms with E-state index in [1.807, 2.05) is 0 Å². The summed E-state index contributed by atoms with van der Waals surface area (Å²) in [7, 11) is -2.04. The van der Waals surface area contributed by atoms with Crippen molar-refractivity contribution >= 4 is 21.4 Å². The summed E-state index contributed by atoms with van der Waals surface area (Å²) in [6.45, 7) is 0. The van der Waals surface area contributed by atoms with E-state index in [9.17, 15) is 17.6 Å². The zero-order valence-electron chi connectivity index (χ0n) is 13.7. The third-order valence-electron chi connectivity index (χ3n) is 4.03. The molecule has 0 bridgehead atoms. The lowest BCUT2D eigenvalue weighted by atomic mass is 10.2. The maximum absolute atomic E-state index is 13.0. The zero-order valence-corrected chi connectivity index (χ0v) is 14.5. The molecule has 132 valence electrons. The molecule has 2 aromatic rings. The van der Waals surface area contributed by atoms with E-state index < -0.39 is 21.6 Å². The van der Waals surface area contributed by atoms with Crippen LogP contribution in [0.3, 0.4) is 0 Å². The van der Waals surface area contributed by atoms with Gasteiger partial charge in [-0.1, -0.05) is 0 Å². The van der Waals surface area contributed by atoms with Gasteiger partial charge in [-0.15, -0.1) is 0 Å². The number of benzene rings is 2. The van der Waals surface area contributed by atoms with E-state index in [0.717, 1.165) is 12.8 Å². The molecule has 25 heavy (non-hydrogen) atoms. The van der Waals surface area contributed by atoms with Gasteiger partial charge in [0.15, 0.2) is 9.84 Å². The molecule has 0 aromatic heterocycles. The van der Waals surface area contributed by atoms with E-state index in [2.05, 4.69) is 5.32 Å². The van der Waals surface area contributed by atoms with Crippen molar-refractivity contribution in [1.29, 1.82) is 0 Å². The molecule has 0 unspecified atom stereocenters. The highest BCUT2D eigenvalue weighted by Crippen LogP contribution is 2.33. The highest BCUT2D eigenvalue weighted by Gasteiger charge is 2.30. The van der Waals surface area contributed by atoms with Gasteiger partial charge in [0.25, 0.3) is 5.91 Å². The molecule has 1 amide bonds. The fourth-order valence-corrected chi connectivity index (χ4v) is 4.20. The Hall–Kier alpha value is -2.41. The van der Waals surface area contributed by atoms with Crippen molar-refractivity contribution in [3.63, 3.8) is 0 Å². The summed E-state index contributed by atoms with van der Waals surface area (Å²) in [5.41, 5.74) is 0.517. The molecule has 0 spiro atoms. The molecular weight excluding hydrogens is 345 g/mol. The Balaban J connectivity index is 1.88. The average Bonchev–Trinajstić information content (AvgIpc) is 3.39. The number of halogens is 1. The van der Waals surface area contributed by atoms with Crippen LogP contribution < -0.4 is 10.1 Å². The predicted molar refractivity (Wildman–Crippen MR) is 92.1 cm³/mol. The second kappa shape index (κ2) is 6.84. The Morgan fingerprint density at radius 1 is 1.20 bits per heavy atom. The van der Waals surface area contributed by atoms with Gasteiger partial charge in [-0.3, -0.25) is 4.79 Å². The van der Waals surface area contributed by atoms with Gasteiger partial charge in [0, 0.05) is 5.69 Å². The number of carbonyl (C=O) groups excluding carboxylic acids is 1. The van der Waals surface area contributed by atoms with E-state index in [4.69, 9.17) is 4.74 Å². The maximum atomic E-state index is 13.0. The monoisotopic (exact) mass is 363 g/mol. The molecule has 0 heterocycles. The second-order valence-electron chi connectivity index (χ2n) is 6.05. The molecule has 1 N–H and O–H groups in total. The van der Waals surface area contributed by atoms with Crippen LogP contribution in [0.5, 0.6) is 5.75 Å². The normalized spacial score (nSPS) is 14.2. The summed E-state index contributed by atoms with van der Waals surface area (Å²) >= 11 is 0. The Morgan fingerprint density at radius 2 is 1.88 bits per heavy atom. The van der Waals surface area contributed by atoms with Gasteiger partial charge in [0.2, 0.25) is 0 Å². The van der Waals surface area contributed by atoms with Crippen molar-refractivity contribution in [2.75, 3.05) is 18.2 Å². The first-order valence-corrected chi connectivity index (χ1v) is 9.52. The second-order valence-corrected chi connectivity index (χ2v) is 8.08. The lowest BCUT2D eigenvalue weighted by molar-refractivity contribution is 0.102. The molecule has 0 aliphatic heterocycles.